The Kier molecular flexibility index (Phi) is 6.31. The highest BCUT2D eigenvalue weighted by atomic mass is 35.5. The van der Waals surface area contributed by atoms with Gasteiger partial charge in [-0.2, -0.15) is 0 Å². The molecule has 25 heavy (non-hydrogen) atoms. The summed E-state index contributed by atoms with van der Waals surface area (Å²) in [5, 5.41) is 42.9. The second kappa shape index (κ2) is 8.07. The Morgan fingerprint density at radius 3 is 2.56 bits per heavy atom. The first-order valence-electron chi connectivity index (χ1n) is 7.57. The average molecular weight is 375 g/mol. The highest BCUT2D eigenvalue weighted by molar-refractivity contribution is 6.31. The number of hydrogen-bond acceptors (Lipinski definition) is 7. The van der Waals surface area contributed by atoms with Gasteiger partial charge in [0, 0.05) is 25.5 Å². The van der Waals surface area contributed by atoms with E-state index in [4.69, 9.17) is 16.3 Å². The lowest BCUT2D eigenvalue weighted by molar-refractivity contribution is -0.384. The molecule has 1 aromatic rings. The van der Waals surface area contributed by atoms with E-state index in [-0.39, 0.29) is 17.1 Å². The summed E-state index contributed by atoms with van der Waals surface area (Å²) < 4.78 is 5.60. The van der Waals surface area contributed by atoms with Gasteiger partial charge in [0.1, 0.15) is 18.3 Å². The molecule has 1 aliphatic rings. The number of nitro groups is 1. The van der Waals surface area contributed by atoms with Crippen molar-refractivity contribution in [3.8, 4) is 0 Å². The van der Waals surface area contributed by atoms with Crippen molar-refractivity contribution in [2.75, 3.05) is 6.61 Å². The quantitative estimate of drug-likeness (QED) is 0.412. The molecule has 10 heteroatoms. The maximum Gasteiger partial charge on any atom is 0.270 e. The van der Waals surface area contributed by atoms with Crippen LogP contribution in [0.5, 0.6) is 0 Å². The molecule has 0 radical (unpaired) electrons. The van der Waals surface area contributed by atoms with Crippen molar-refractivity contribution in [3.05, 3.63) is 38.9 Å². The number of aliphatic hydroxyl groups excluding tert-OH is 3. The molecular formula is C15H19ClN2O7. The molecule has 1 fully saturated rings. The Labute approximate surface area is 148 Å². The molecule has 1 amide bonds. The predicted octanol–water partition coefficient (Wildman–Crippen LogP) is -0.223. The average Bonchev–Trinajstić information content (AvgIpc) is 2.55. The van der Waals surface area contributed by atoms with Crippen LogP contribution in [0.15, 0.2) is 18.2 Å². The van der Waals surface area contributed by atoms with E-state index in [1.165, 1.54) is 25.1 Å². The topological polar surface area (TPSA) is 142 Å². The first-order chi connectivity index (χ1) is 11.7. The van der Waals surface area contributed by atoms with Gasteiger partial charge in [0.2, 0.25) is 5.91 Å². The summed E-state index contributed by atoms with van der Waals surface area (Å²) in [5.41, 5.74) is 0.341. The predicted molar refractivity (Wildman–Crippen MR) is 87.2 cm³/mol. The third-order valence-electron chi connectivity index (χ3n) is 4.07. The van der Waals surface area contributed by atoms with Crippen molar-refractivity contribution in [2.45, 2.75) is 43.8 Å². The maximum absolute atomic E-state index is 11.4. The van der Waals surface area contributed by atoms with Gasteiger partial charge in [-0.1, -0.05) is 17.7 Å². The van der Waals surface area contributed by atoms with Crippen molar-refractivity contribution in [2.24, 2.45) is 0 Å². The first-order valence-corrected chi connectivity index (χ1v) is 7.94. The van der Waals surface area contributed by atoms with Crippen LogP contribution in [-0.4, -0.2) is 63.2 Å². The number of halogens is 1. The van der Waals surface area contributed by atoms with E-state index in [1.807, 2.05) is 0 Å². The molecule has 0 spiro atoms. The minimum absolute atomic E-state index is 0.113. The normalized spacial score (nSPS) is 29.2. The largest absolute Gasteiger partial charge is 0.394 e. The van der Waals surface area contributed by atoms with E-state index in [0.717, 1.165) is 0 Å². The number of carbonyl (C=O) groups excluding carboxylic acids is 1. The number of nitrogens with zero attached hydrogens (tertiary/aromatic N) is 1. The molecule has 1 saturated heterocycles. The van der Waals surface area contributed by atoms with Crippen molar-refractivity contribution in [1.82, 2.24) is 5.32 Å². The second-order valence-corrected chi connectivity index (χ2v) is 6.25. The molecule has 138 valence electrons. The van der Waals surface area contributed by atoms with Crippen LogP contribution < -0.4 is 5.32 Å². The Morgan fingerprint density at radius 2 is 2.04 bits per heavy atom. The fourth-order valence-electron chi connectivity index (χ4n) is 2.81. The molecule has 0 aliphatic carbocycles. The van der Waals surface area contributed by atoms with Crippen molar-refractivity contribution in [1.29, 1.82) is 0 Å². The molecule has 2 rings (SSSR count). The summed E-state index contributed by atoms with van der Waals surface area (Å²) in [6.45, 7) is 0.739. The highest BCUT2D eigenvalue weighted by Crippen LogP contribution is 2.28. The summed E-state index contributed by atoms with van der Waals surface area (Å²) in [4.78, 5) is 21.6. The van der Waals surface area contributed by atoms with Crippen LogP contribution in [0.4, 0.5) is 5.69 Å². The molecule has 9 nitrogen and oxygen atoms in total. The zero-order chi connectivity index (χ0) is 18.7. The minimum Gasteiger partial charge on any atom is -0.394 e. The molecule has 1 aliphatic heterocycles. The zero-order valence-electron chi connectivity index (χ0n) is 13.3. The number of non-ortho nitro benzene ring substituents is 1. The number of amides is 1. The molecule has 4 unspecified atom stereocenters. The van der Waals surface area contributed by atoms with Gasteiger partial charge in [-0.3, -0.25) is 14.9 Å². The van der Waals surface area contributed by atoms with Gasteiger partial charge in [0.15, 0.2) is 0 Å². The van der Waals surface area contributed by atoms with Gasteiger partial charge in [0.25, 0.3) is 5.69 Å². The molecule has 4 N–H and O–H groups in total. The lowest BCUT2D eigenvalue weighted by Gasteiger charge is -2.42. The number of hydrogen-bond donors (Lipinski definition) is 4. The third-order valence-corrected chi connectivity index (χ3v) is 4.42. The van der Waals surface area contributed by atoms with Gasteiger partial charge in [0.05, 0.1) is 28.7 Å². The summed E-state index contributed by atoms with van der Waals surface area (Å²) in [6, 6.07) is 3.01. The Bertz CT molecular complexity index is 657. The fourth-order valence-corrected chi connectivity index (χ4v) is 3.07. The number of carbonyl (C=O) groups is 1. The van der Waals surface area contributed by atoms with E-state index in [2.05, 4.69) is 5.32 Å². The number of nitro benzene ring substituents is 1. The summed E-state index contributed by atoms with van der Waals surface area (Å²) >= 11 is 6.07. The molecule has 0 bridgehead atoms. The highest BCUT2D eigenvalue weighted by Gasteiger charge is 2.44. The Balaban J connectivity index is 2.26. The first kappa shape index (κ1) is 19.5. The molecule has 1 heterocycles. The van der Waals surface area contributed by atoms with E-state index >= 15 is 0 Å². The van der Waals surface area contributed by atoms with Gasteiger partial charge in [-0.05, 0) is 5.56 Å². The Morgan fingerprint density at radius 1 is 1.36 bits per heavy atom. The number of benzene rings is 1. The second-order valence-electron chi connectivity index (χ2n) is 5.84. The number of nitrogens with one attached hydrogen (secondary N) is 1. The van der Waals surface area contributed by atoms with Crippen LogP contribution in [0, 0.1) is 10.1 Å². The smallest absolute Gasteiger partial charge is 0.270 e. The molecule has 5 atom stereocenters. The van der Waals surface area contributed by atoms with E-state index in [0.29, 0.717) is 5.56 Å². The molecule has 1 aromatic carbocycles. The number of ether oxygens (including phenoxy) is 1. The molecule has 0 saturated carbocycles. The standard InChI is InChI=1S/C15H19ClN2O7/c1-7(20)17-13-11(25-12(6-19)14(21)15(13)22)4-8-2-3-9(18(23)24)5-10(8)16/h2-3,5,11-15,19,21-22H,4,6H2,1H3,(H,17,20)/t11?,12?,13-,14?,15?/m1/s1. The van der Waals surface area contributed by atoms with Crippen LogP contribution in [-0.2, 0) is 16.0 Å². The van der Waals surface area contributed by atoms with Crippen LogP contribution in [0.3, 0.4) is 0 Å². The van der Waals surface area contributed by atoms with E-state index in [9.17, 15) is 30.2 Å². The van der Waals surface area contributed by atoms with Crippen molar-refractivity contribution in [3.63, 3.8) is 0 Å². The summed E-state index contributed by atoms with van der Waals surface area (Å²) in [7, 11) is 0. The Hall–Kier alpha value is -1.78. The molecular weight excluding hydrogens is 356 g/mol. The van der Waals surface area contributed by atoms with Gasteiger partial charge in [-0.15, -0.1) is 0 Å². The van der Waals surface area contributed by atoms with Crippen molar-refractivity contribution < 1.29 is 29.8 Å². The SMILES string of the molecule is CC(=O)N[C@@H]1C(Cc2ccc([N+](=O)[O-])cc2Cl)OC(CO)C(O)C1O. The molecule has 0 aromatic heterocycles. The van der Waals surface area contributed by atoms with Gasteiger partial charge in [-0.25, -0.2) is 0 Å². The van der Waals surface area contributed by atoms with Gasteiger partial charge >= 0.3 is 0 Å². The van der Waals surface area contributed by atoms with Crippen molar-refractivity contribution >= 4 is 23.2 Å². The zero-order valence-corrected chi connectivity index (χ0v) is 14.1. The number of aliphatic hydroxyl groups is 3. The van der Waals surface area contributed by atoms with Crippen LogP contribution in [0.25, 0.3) is 0 Å². The van der Waals surface area contributed by atoms with Crippen LogP contribution in [0.2, 0.25) is 5.02 Å². The lowest BCUT2D eigenvalue weighted by Crippen LogP contribution is -2.64. The lowest BCUT2D eigenvalue weighted by atomic mass is 9.89. The maximum atomic E-state index is 11.4. The summed E-state index contributed by atoms with van der Waals surface area (Å²) in [6.07, 6.45) is -4.43. The van der Waals surface area contributed by atoms with Crippen LogP contribution in [0.1, 0.15) is 12.5 Å². The fraction of sp³-hybridized carbons (Fsp3) is 0.533. The number of rotatable bonds is 5. The minimum atomic E-state index is -1.37. The summed E-state index contributed by atoms with van der Waals surface area (Å²) in [5.74, 6) is -0.429. The van der Waals surface area contributed by atoms with Gasteiger partial charge < -0.3 is 25.4 Å². The third kappa shape index (κ3) is 4.44. The van der Waals surface area contributed by atoms with Crippen LogP contribution >= 0.6 is 11.6 Å². The van der Waals surface area contributed by atoms with E-state index < -0.39 is 47.9 Å². The van der Waals surface area contributed by atoms with E-state index in [1.54, 1.807) is 0 Å². The monoisotopic (exact) mass is 374 g/mol.